The summed E-state index contributed by atoms with van der Waals surface area (Å²) in [4.78, 5) is 61.9. The lowest BCUT2D eigenvalue weighted by atomic mass is 10.1. The summed E-state index contributed by atoms with van der Waals surface area (Å²) in [6, 6.07) is 9.97. The zero-order chi connectivity index (χ0) is 27.9. The van der Waals surface area contributed by atoms with E-state index in [2.05, 4.69) is 11.0 Å². The number of hydrogen-bond acceptors (Lipinski definition) is 8. The third kappa shape index (κ3) is 11.2. The zero-order valence-corrected chi connectivity index (χ0v) is 23.4. The third-order valence-electron chi connectivity index (χ3n) is 6.37. The van der Waals surface area contributed by atoms with Crippen molar-refractivity contribution < 1.29 is 33.5 Å². The van der Waals surface area contributed by atoms with Gasteiger partial charge in [0.2, 0.25) is 5.91 Å². The van der Waals surface area contributed by atoms with Crippen LogP contribution in [0.15, 0.2) is 30.3 Å². The monoisotopic (exact) mass is 572 g/mol. The molecule has 13 nitrogen and oxygen atoms in total. The highest BCUT2D eigenvalue weighted by Crippen LogP contribution is 2.36. The Morgan fingerprint density at radius 1 is 0.816 bits per heavy atom. The molecular weight excluding hydrogens is 534 g/mol. The summed E-state index contributed by atoms with van der Waals surface area (Å²) in [5.74, 6) is -0.551. The van der Waals surface area contributed by atoms with Crippen LogP contribution in [-0.2, 0) is 20.5 Å². The maximum Gasteiger partial charge on any atom is 0.339 e. The van der Waals surface area contributed by atoms with E-state index in [4.69, 9.17) is 10.7 Å². The standard InChI is InChI=1S/C23H38N6O7P2/c1-19-2-5-22-20(14-19)3-4-21(25-22)15-26-6-10-28(17-37(31,32)33)12-8-27(16-23(24)30)9-13-29(11-7-26)18-38(34,35)36/h2-5,14H,6-13,15-18H2,1H3,(H2,24,30)(H2,31,32,33)(H2,34,35,36). The van der Waals surface area contributed by atoms with Gasteiger partial charge in [-0.1, -0.05) is 17.7 Å². The van der Waals surface area contributed by atoms with Crippen molar-refractivity contribution in [2.45, 2.75) is 13.5 Å². The van der Waals surface area contributed by atoms with Crippen LogP contribution in [0.5, 0.6) is 0 Å². The molecule has 0 unspecified atom stereocenters. The number of benzene rings is 1. The Bertz CT molecular complexity index is 1150. The van der Waals surface area contributed by atoms with Gasteiger partial charge in [-0.05, 0) is 25.1 Å². The summed E-state index contributed by atoms with van der Waals surface area (Å²) in [5.41, 5.74) is 8.20. The lowest BCUT2D eigenvalue weighted by molar-refractivity contribution is -0.119. The van der Waals surface area contributed by atoms with Crippen molar-refractivity contribution in [1.82, 2.24) is 24.6 Å². The molecule has 3 rings (SSSR count). The van der Waals surface area contributed by atoms with Crippen LogP contribution < -0.4 is 5.73 Å². The van der Waals surface area contributed by atoms with Crippen molar-refractivity contribution in [2.24, 2.45) is 5.73 Å². The number of aryl methyl sites for hydroxylation is 1. The minimum atomic E-state index is -4.32. The fourth-order valence-electron chi connectivity index (χ4n) is 4.52. The van der Waals surface area contributed by atoms with E-state index in [-0.39, 0.29) is 19.6 Å². The number of amides is 1. The number of carbonyl (C=O) groups excluding carboxylic acids is 1. The van der Waals surface area contributed by atoms with Gasteiger partial charge in [-0.25, -0.2) is 0 Å². The van der Waals surface area contributed by atoms with Gasteiger partial charge in [0.25, 0.3) is 0 Å². The Labute approximate surface area is 222 Å². The van der Waals surface area contributed by atoms with Crippen molar-refractivity contribution in [3.63, 3.8) is 0 Å². The lowest BCUT2D eigenvalue weighted by Crippen LogP contribution is -2.47. The Balaban J connectivity index is 1.82. The summed E-state index contributed by atoms with van der Waals surface area (Å²) >= 11 is 0. The summed E-state index contributed by atoms with van der Waals surface area (Å²) in [7, 11) is -8.64. The number of nitrogens with two attached hydrogens (primary N) is 1. The summed E-state index contributed by atoms with van der Waals surface area (Å²) < 4.78 is 23.6. The zero-order valence-electron chi connectivity index (χ0n) is 21.6. The third-order valence-corrected chi connectivity index (χ3v) is 7.90. The smallest absolute Gasteiger partial charge is 0.339 e. The molecule has 38 heavy (non-hydrogen) atoms. The molecule has 0 bridgehead atoms. The number of pyridine rings is 1. The molecule has 1 fully saturated rings. The van der Waals surface area contributed by atoms with Gasteiger partial charge in [-0.2, -0.15) is 0 Å². The van der Waals surface area contributed by atoms with Crippen LogP contribution in [0.1, 0.15) is 11.3 Å². The minimum Gasteiger partial charge on any atom is -0.369 e. The van der Waals surface area contributed by atoms with Crippen LogP contribution in [0.2, 0.25) is 0 Å². The molecule has 1 aromatic carbocycles. The number of primary amides is 1. The SMILES string of the molecule is Cc1ccc2nc(CN3CCN(CP(=O)(O)O)CCN(CC(N)=O)CCN(CP(=O)(O)O)CC3)ccc2c1. The largest absolute Gasteiger partial charge is 0.369 e. The average molecular weight is 573 g/mol. The molecule has 1 amide bonds. The van der Waals surface area contributed by atoms with E-state index < -0.39 is 33.7 Å². The molecule has 0 spiro atoms. The average Bonchev–Trinajstić information content (AvgIpc) is 2.78. The van der Waals surface area contributed by atoms with E-state index in [1.807, 2.05) is 31.2 Å². The van der Waals surface area contributed by atoms with Gasteiger partial charge in [0.1, 0.15) is 12.6 Å². The second kappa shape index (κ2) is 13.5. The second-order valence-electron chi connectivity index (χ2n) is 9.87. The van der Waals surface area contributed by atoms with Crippen molar-refractivity contribution in [1.29, 1.82) is 0 Å². The molecule has 0 saturated carbocycles. The Morgan fingerprint density at radius 3 is 1.82 bits per heavy atom. The fourth-order valence-corrected chi connectivity index (χ4v) is 6.13. The Morgan fingerprint density at radius 2 is 1.32 bits per heavy atom. The van der Waals surface area contributed by atoms with Crippen molar-refractivity contribution in [3.05, 3.63) is 41.6 Å². The second-order valence-corrected chi connectivity index (χ2v) is 13.1. The number of aromatic nitrogens is 1. The van der Waals surface area contributed by atoms with E-state index in [1.165, 1.54) is 0 Å². The van der Waals surface area contributed by atoms with E-state index in [1.54, 1.807) is 14.7 Å². The quantitative estimate of drug-likeness (QED) is 0.268. The number of hydrogen-bond donors (Lipinski definition) is 5. The van der Waals surface area contributed by atoms with Gasteiger partial charge < -0.3 is 25.3 Å². The number of fused-ring (bicyclic) bond motifs is 1. The molecule has 212 valence electrons. The van der Waals surface area contributed by atoms with Crippen LogP contribution in [0.4, 0.5) is 0 Å². The highest BCUT2D eigenvalue weighted by Gasteiger charge is 2.25. The first-order chi connectivity index (χ1) is 17.8. The lowest BCUT2D eigenvalue weighted by Gasteiger charge is -2.34. The predicted molar refractivity (Wildman–Crippen MR) is 144 cm³/mol. The first kappa shape index (κ1) is 30.8. The van der Waals surface area contributed by atoms with Crippen LogP contribution in [0, 0.1) is 6.92 Å². The van der Waals surface area contributed by atoms with Gasteiger partial charge >= 0.3 is 15.2 Å². The number of nitrogens with zero attached hydrogens (tertiary/aromatic N) is 5. The Hall–Kier alpha value is -1.76. The van der Waals surface area contributed by atoms with E-state index in [9.17, 15) is 33.5 Å². The van der Waals surface area contributed by atoms with Crippen LogP contribution in [0.3, 0.4) is 0 Å². The van der Waals surface area contributed by atoms with Crippen molar-refractivity contribution in [2.75, 3.05) is 71.5 Å². The summed E-state index contributed by atoms with van der Waals surface area (Å²) in [6.45, 7) is 5.23. The maximum atomic E-state index is 11.8. The van der Waals surface area contributed by atoms with E-state index in [0.29, 0.717) is 45.8 Å². The number of carbonyl (C=O) groups is 1. The van der Waals surface area contributed by atoms with E-state index >= 15 is 0 Å². The predicted octanol–water partition coefficient (Wildman–Crippen LogP) is 0.0205. The molecule has 6 N–H and O–H groups in total. The first-order valence-corrected chi connectivity index (χ1v) is 16.0. The normalized spacial score (nSPS) is 18.8. The maximum absolute atomic E-state index is 11.8. The molecule has 1 aliphatic heterocycles. The van der Waals surface area contributed by atoms with Crippen molar-refractivity contribution in [3.8, 4) is 0 Å². The van der Waals surface area contributed by atoms with Crippen molar-refractivity contribution >= 4 is 32.0 Å². The molecule has 0 radical (unpaired) electrons. The molecule has 15 heteroatoms. The van der Waals surface area contributed by atoms with E-state index in [0.717, 1.165) is 22.2 Å². The minimum absolute atomic E-state index is 0.0627. The topological polar surface area (TPSA) is 184 Å². The number of rotatable bonds is 8. The molecule has 1 saturated heterocycles. The fraction of sp³-hybridized carbons (Fsp3) is 0.565. The first-order valence-electron chi connectivity index (χ1n) is 12.4. The molecular formula is C23H38N6O7P2. The van der Waals surface area contributed by atoms with Crippen LogP contribution >= 0.6 is 15.2 Å². The molecule has 1 aliphatic rings. The molecule has 0 atom stereocenters. The molecule has 2 heterocycles. The Kier molecular flexibility index (Phi) is 11.0. The summed E-state index contributed by atoms with van der Waals surface area (Å²) in [5, 5.41) is 1.03. The van der Waals surface area contributed by atoms with Gasteiger partial charge in [0.05, 0.1) is 17.8 Å². The highest BCUT2D eigenvalue weighted by molar-refractivity contribution is 7.51. The molecule has 2 aromatic rings. The molecule has 1 aromatic heterocycles. The van der Waals surface area contributed by atoms with Crippen LogP contribution in [-0.4, -0.2) is 122 Å². The van der Waals surface area contributed by atoms with Gasteiger partial charge in [0.15, 0.2) is 0 Å². The molecule has 0 aliphatic carbocycles. The highest BCUT2D eigenvalue weighted by atomic mass is 31.2. The van der Waals surface area contributed by atoms with Gasteiger partial charge in [-0.15, -0.1) is 0 Å². The summed E-state index contributed by atoms with van der Waals surface area (Å²) in [6.07, 6.45) is -0.827. The van der Waals surface area contributed by atoms with Gasteiger partial charge in [-0.3, -0.25) is 38.5 Å². The van der Waals surface area contributed by atoms with Gasteiger partial charge in [0, 0.05) is 64.3 Å². The van der Waals surface area contributed by atoms with Crippen LogP contribution in [0.25, 0.3) is 10.9 Å².